The van der Waals surface area contributed by atoms with Crippen LogP contribution < -0.4 is 8.13 Å². The second-order valence-corrected chi connectivity index (χ2v) is 5.36. The van der Waals surface area contributed by atoms with E-state index < -0.39 is 0 Å². The number of rotatable bonds is 1. The van der Waals surface area contributed by atoms with Crippen LogP contribution in [0.4, 0.5) is 17.1 Å². The van der Waals surface area contributed by atoms with Crippen LogP contribution in [0.1, 0.15) is 0 Å². The normalized spacial score (nSPS) is 13.5. The van der Waals surface area contributed by atoms with E-state index >= 15 is 0 Å². The van der Waals surface area contributed by atoms with Crippen molar-refractivity contribution in [3.63, 3.8) is 0 Å². The Morgan fingerprint density at radius 1 is 0.867 bits per heavy atom. The third-order valence-corrected chi connectivity index (χ3v) is 4.78. The molecule has 3 rings (SSSR count). The zero-order valence-electron chi connectivity index (χ0n) is 8.14. The first kappa shape index (κ1) is 8.86. The number of benzene rings is 2. The molecular formula is C12H10GeN2. The van der Waals surface area contributed by atoms with Gasteiger partial charge in [-0.1, -0.05) is 0 Å². The van der Waals surface area contributed by atoms with E-state index in [0.717, 1.165) is 0 Å². The summed E-state index contributed by atoms with van der Waals surface area (Å²) in [5.41, 5.74) is 3.86. The third kappa shape index (κ3) is 1.51. The van der Waals surface area contributed by atoms with Crippen LogP contribution in [0, 0.1) is 0 Å². The zero-order chi connectivity index (χ0) is 10.1. The molecule has 0 fully saturated rings. The van der Waals surface area contributed by atoms with Gasteiger partial charge in [-0.05, 0) is 0 Å². The number of para-hydroxylation sites is 3. The van der Waals surface area contributed by atoms with Gasteiger partial charge in [0.25, 0.3) is 0 Å². The van der Waals surface area contributed by atoms with Crippen molar-refractivity contribution in [2.75, 3.05) is 8.13 Å². The van der Waals surface area contributed by atoms with E-state index in [1.165, 1.54) is 17.1 Å². The molecule has 72 valence electrons. The van der Waals surface area contributed by atoms with Gasteiger partial charge in [-0.15, -0.1) is 0 Å². The van der Waals surface area contributed by atoms with Crippen LogP contribution in [0.25, 0.3) is 0 Å². The molecule has 3 heteroatoms. The summed E-state index contributed by atoms with van der Waals surface area (Å²) in [6, 6.07) is 19.0. The quantitative estimate of drug-likeness (QED) is 0.788. The molecule has 0 atom stereocenters. The molecule has 0 aromatic heterocycles. The van der Waals surface area contributed by atoms with Crippen molar-refractivity contribution in [3.8, 4) is 0 Å². The Labute approximate surface area is 95.8 Å². The van der Waals surface area contributed by atoms with Crippen molar-refractivity contribution in [1.82, 2.24) is 0 Å². The Kier molecular flexibility index (Phi) is 2.14. The minimum absolute atomic E-state index is 0.285. The summed E-state index contributed by atoms with van der Waals surface area (Å²) in [6.45, 7) is 0. The van der Waals surface area contributed by atoms with Gasteiger partial charge in [0, 0.05) is 0 Å². The summed E-state index contributed by atoms with van der Waals surface area (Å²) in [5.74, 6) is 0. The predicted molar refractivity (Wildman–Crippen MR) is 64.4 cm³/mol. The summed E-state index contributed by atoms with van der Waals surface area (Å²) < 4.78 is 5.90. The fourth-order valence-electron chi connectivity index (χ4n) is 1.73. The zero-order valence-corrected chi connectivity index (χ0v) is 10.2. The summed E-state index contributed by atoms with van der Waals surface area (Å²) in [4.78, 5) is 0. The van der Waals surface area contributed by atoms with Crippen molar-refractivity contribution in [2.24, 2.45) is 0 Å². The topological polar surface area (TPSA) is 15.3 Å². The number of nitrogens with zero attached hydrogens (tertiary/aromatic N) is 1. The standard InChI is InChI=1S/C12H10GeN2/c1-2-6-10(7-3-1)15-12-9-5-4-8-11(12)14-13-15/h1-9,14H. The molecule has 2 aromatic carbocycles. The third-order valence-electron chi connectivity index (χ3n) is 2.46. The molecule has 0 amide bonds. The Bertz CT molecular complexity index is 470. The van der Waals surface area contributed by atoms with Crippen LogP contribution in [0.5, 0.6) is 0 Å². The van der Waals surface area contributed by atoms with E-state index in [1.54, 1.807) is 0 Å². The summed E-state index contributed by atoms with van der Waals surface area (Å²) >= 11 is -0.285. The van der Waals surface area contributed by atoms with Crippen molar-refractivity contribution in [3.05, 3.63) is 54.6 Å². The fraction of sp³-hybridized carbons (Fsp3) is 0. The summed E-state index contributed by atoms with van der Waals surface area (Å²) in [5, 5.41) is 0. The minimum atomic E-state index is -0.285. The molecular weight excluding hydrogens is 245 g/mol. The molecule has 1 aliphatic heterocycles. The molecule has 0 saturated heterocycles. The molecule has 1 N–H and O–H groups in total. The van der Waals surface area contributed by atoms with Gasteiger partial charge in [0.05, 0.1) is 0 Å². The average molecular weight is 255 g/mol. The maximum absolute atomic E-state index is 3.50. The van der Waals surface area contributed by atoms with Crippen molar-refractivity contribution in [1.29, 1.82) is 0 Å². The summed E-state index contributed by atoms with van der Waals surface area (Å²) in [7, 11) is 0. The van der Waals surface area contributed by atoms with Gasteiger partial charge >= 0.3 is 95.7 Å². The monoisotopic (exact) mass is 256 g/mol. The van der Waals surface area contributed by atoms with Gasteiger partial charge in [-0.2, -0.15) is 0 Å². The van der Waals surface area contributed by atoms with E-state index in [2.05, 4.69) is 62.7 Å². The van der Waals surface area contributed by atoms with Gasteiger partial charge in [0.15, 0.2) is 0 Å². The van der Waals surface area contributed by atoms with E-state index in [4.69, 9.17) is 0 Å². The molecule has 15 heavy (non-hydrogen) atoms. The van der Waals surface area contributed by atoms with Gasteiger partial charge in [-0.25, -0.2) is 0 Å². The molecule has 0 aliphatic carbocycles. The fourth-order valence-corrected chi connectivity index (χ4v) is 3.91. The summed E-state index contributed by atoms with van der Waals surface area (Å²) in [6.07, 6.45) is 0. The van der Waals surface area contributed by atoms with Crippen LogP contribution >= 0.6 is 0 Å². The number of anilines is 3. The molecule has 1 aliphatic rings. The van der Waals surface area contributed by atoms with Gasteiger partial charge in [0.1, 0.15) is 0 Å². The SMILES string of the molecule is c1ccc([N]2[Ge][NH]c3ccccc32)cc1. The number of fused-ring (bicyclic) bond motifs is 1. The van der Waals surface area contributed by atoms with Crippen molar-refractivity contribution >= 4 is 32.9 Å². The molecule has 0 spiro atoms. The van der Waals surface area contributed by atoms with E-state index in [1.807, 2.05) is 0 Å². The molecule has 2 radical (unpaired) electrons. The second kappa shape index (κ2) is 3.62. The molecule has 2 aromatic rings. The predicted octanol–water partition coefficient (Wildman–Crippen LogP) is 2.78. The average Bonchev–Trinajstić information content (AvgIpc) is 2.74. The number of nitrogens with one attached hydrogen (secondary N) is 1. The first-order valence-electron chi connectivity index (χ1n) is 4.91. The van der Waals surface area contributed by atoms with E-state index in [0.29, 0.717) is 0 Å². The van der Waals surface area contributed by atoms with Crippen LogP contribution in [0.15, 0.2) is 54.6 Å². The van der Waals surface area contributed by atoms with Crippen LogP contribution in [-0.2, 0) is 0 Å². The molecule has 0 unspecified atom stereocenters. The van der Waals surface area contributed by atoms with E-state index in [-0.39, 0.29) is 15.9 Å². The molecule has 0 saturated carbocycles. The van der Waals surface area contributed by atoms with Crippen molar-refractivity contribution < 1.29 is 0 Å². The first-order valence-corrected chi connectivity index (χ1v) is 6.90. The Hall–Kier alpha value is -1.42. The van der Waals surface area contributed by atoms with Crippen molar-refractivity contribution in [2.45, 2.75) is 0 Å². The molecule has 2 nitrogen and oxygen atoms in total. The number of hydrogen-bond donors (Lipinski definition) is 1. The molecule has 1 heterocycles. The van der Waals surface area contributed by atoms with Crippen LogP contribution in [-0.4, -0.2) is 15.9 Å². The second-order valence-electron chi connectivity index (χ2n) is 3.42. The number of hydrogen-bond acceptors (Lipinski definition) is 2. The van der Waals surface area contributed by atoms with E-state index in [9.17, 15) is 0 Å². The van der Waals surface area contributed by atoms with Gasteiger partial charge in [0.2, 0.25) is 0 Å². The first-order chi connectivity index (χ1) is 7.45. The maximum atomic E-state index is 3.50. The Morgan fingerprint density at radius 3 is 2.47 bits per heavy atom. The van der Waals surface area contributed by atoms with Crippen LogP contribution in [0.3, 0.4) is 0 Å². The Balaban J connectivity index is 2.05. The van der Waals surface area contributed by atoms with Gasteiger partial charge < -0.3 is 0 Å². The van der Waals surface area contributed by atoms with Gasteiger partial charge in [-0.3, -0.25) is 0 Å². The van der Waals surface area contributed by atoms with Crippen LogP contribution in [0.2, 0.25) is 0 Å². The molecule has 0 bridgehead atoms. The Morgan fingerprint density at radius 2 is 1.60 bits per heavy atom.